The fraction of sp³-hybridized carbons (Fsp3) is 0.300. The van der Waals surface area contributed by atoms with Crippen LogP contribution in [-0.2, 0) is 4.79 Å². The summed E-state index contributed by atoms with van der Waals surface area (Å²) < 4.78 is 26.0. The van der Waals surface area contributed by atoms with Gasteiger partial charge >= 0.3 is 5.97 Å². The molecule has 5 heteroatoms. The predicted molar refractivity (Wildman–Crippen MR) is 49.1 cm³/mol. The van der Waals surface area contributed by atoms with Crippen molar-refractivity contribution in [3.63, 3.8) is 0 Å². The van der Waals surface area contributed by atoms with E-state index in [0.717, 1.165) is 6.07 Å². The number of aromatic hydroxyl groups is 1. The number of phenolic OH excluding ortho intramolecular Hbond substituents is 1. The summed E-state index contributed by atoms with van der Waals surface area (Å²) >= 11 is 0. The van der Waals surface area contributed by atoms with Crippen molar-refractivity contribution >= 4 is 5.97 Å². The van der Waals surface area contributed by atoms with Crippen LogP contribution in [0.25, 0.3) is 0 Å². The van der Waals surface area contributed by atoms with E-state index in [1.54, 1.807) is 0 Å². The Labute approximate surface area is 85.0 Å². The maximum atomic E-state index is 13.0. The highest BCUT2D eigenvalue weighted by Gasteiger charge is 2.41. The molecule has 0 aliphatic heterocycles. The lowest BCUT2D eigenvalue weighted by atomic mass is 9.93. The van der Waals surface area contributed by atoms with Gasteiger partial charge in [0.05, 0.1) is 0 Å². The molecular formula is C10H10F2O3. The van der Waals surface area contributed by atoms with Crippen molar-refractivity contribution in [2.75, 3.05) is 0 Å². The maximum absolute atomic E-state index is 13.0. The van der Waals surface area contributed by atoms with E-state index in [4.69, 9.17) is 10.2 Å². The van der Waals surface area contributed by atoms with Crippen LogP contribution in [-0.4, -0.2) is 22.1 Å². The van der Waals surface area contributed by atoms with E-state index >= 15 is 0 Å². The van der Waals surface area contributed by atoms with Crippen LogP contribution in [0.5, 0.6) is 5.75 Å². The first-order valence-corrected chi connectivity index (χ1v) is 4.22. The Morgan fingerprint density at radius 3 is 2.47 bits per heavy atom. The minimum atomic E-state index is -3.38. The number of phenols is 1. The predicted octanol–water partition coefficient (Wildman–Crippen LogP) is 2.22. The fourth-order valence-corrected chi connectivity index (χ4v) is 1.36. The Balaban J connectivity index is 3.16. The molecular weight excluding hydrogens is 206 g/mol. The molecule has 1 rings (SSSR count). The van der Waals surface area contributed by atoms with Crippen molar-refractivity contribution in [2.24, 2.45) is 0 Å². The highest BCUT2D eigenvalue weighted by Crippen LogP contribution is 2.34. The second kappa shape index (κ2) is 3.84. The van der Waals surface area contributed by atoms with Gasteiger partial charge in [-0.05, 0) is 17.7 Å². The molecule has 82 valence electrons. The lowest BCUT2D eigenvalue weighted by Crippen LogP contribution is -2.29. The van der Waals surface area contributed by atoms with Gasteiger partial charge < -0.3 is 10.2 Å². The Hall–Kier alpha value is -1.65. The Morgan fingerprint density at radius 1 is 1.47 bits per heavy atom. The number of hydrogen-bond donors (Lipinski definition) is 2. The van der Waals surface area contributed by atoms with Crippen LogP contribution < -0.4 is 0 Å². The number of halogens is 2. The molecule has 2 N–H and O–H groups in total. The van der Waals surface area contributed by atoms with Crippen LogP contribution in [0.1, 0.15) is 18.4 Å². The third kappa shape index (κ3) is 2.65. The van der Waals surface area contributed by atoms with Gasteiger partial charge in [0.15, 0.2) is 0 Å². The number of alkyl halides is 2. The van der Waals surface area contributed by atoms with Gasteiger partial charge in [-0.15, -0.1) is 0 Å². The molecule has 0 saturated heterocycles. The van der Waals surface area contributed by atoms with Gasteiger partial charge in [0.2, 0.25) is 0 Å². The molecule has 3 nitrogen and oxygen atoms in total. The summed E-state index contributed by atoms with van der Waals surface area (Å²) in [5, 5.41) is 17.8. The zero-order valence-corrected chi connectivity index (χ0v) is 7.95. The Kier molecular flexibility index (Phi) is 2.93. The van der Waals surface area contributed by atoms with Crippen LogP contribution in [0.4, 0.5) is 8.78 Å². The Bertz CT molecular complexity index is 371. The molecule has 1 aromatic rings. The lowest BCUT2D eigenvalue weighted by Gasteiger charge is -2.19. The van der Waals surface area contributed by atoms with Gasteiger partial charge in [0.1, 0.15) is 11.7 Å². The summed E-state index contributed by atoms with van der Waals surface area (Å²) in [6.07, 6.45) is 0. The van der Waals surface area contributed by atoms with E-state index in [9.17, 15) is 13.6 Å². The van der Waals surface area contributed by atoms with Crippen LogP contribution in [0.3, 0.4) is 0 Å². The second-order valence-corrected chi connectivity index (χ2v) is 3.32. The summed E-state index contributed by atoms with van der Waals surface area (Å²) in [6, 6.07) is 4.88. The summed E-state index contributed by atoms with van der Waals surface area (Å²) in [6.45, 7) is 0.538. The maximum Gasteiger partial charge on any atom is 0.317 e. The summed E-state index contributed by atoms with van der Waals surface area (Å²) in [5.74, 6) is -7.17. The molecule has 15 heavy (non-hydrogen) atoms. The summed E-state index contributed by atoms with van der Waals surface area (Å²) in [5.41, 5.74) is -0.116. The lowest BCUT2D eigenvalue weighted by molar-refractivity contribution is -0.147. The third-order valence-electron chi connectivity index (χ3n) is 1.96. The summed E-state index contributed by atoms with van der Waals surface area (Å²) in [4.78, 5) is 10.7. The number of carboxylic acid groups (broad SMARTS) is 1. The first-order chi connectivity index (χ1) is 6.82. The van der Waals surface area contributed by atoms with Crippen molar-refractivity contribution in [1.29, 1.82) is 0 Å². The number of carbonyl (C=O) groups is 1. The van der Waals surface area contributed by atoms with Gasteiger partial charge in [-0.3, -0.25) is 4.79 Å². The fourth-order valence-electron chi connectivity index (χ4n) is 1.36. The van der Waals surface area contributed by atoms with Gasteiger partial charge in [-0.2, -0.15) is 0 Å². The van der Waals surface area contributed by atoms with E-state index in [1.807, 2.05) is 0 Å². The molecule has 0 heterocycles. The van der Waals surface area contributed by atoms with Crippen molar-refractivity contribution in [3.05, 3.63) is 29.8 Å². The van der Waals surface area contributed by atoms with Crippen LogP contribution >= 0.6 is 0 Å². The topological polar surface area (TPSA) is 57.5 Å². The molecule has 0 fully saturated rings. The highest BCUT2D eigenvalue weighted by atomic mass is 19.3. The van der Waals surface area contributed by atoms with Crippen LogP contribution in [0.2, 0.25) is 0 Å². The van der Waals surface area contributed by atoms with Crippen LogP contribution in [0, 0.1) is 0 Å². The molecule has 0 aromatic heterocycles. The highest BCUT2D eigenvalue weighted by molar-refractivity contribution is 5.77. The molecule has 1 atom stereocenters. The van der Waals surface area contributed by atoms with E-state index in [-0.39, 0.29) is 11.3 Å². The number of rotatable bonds is 3. The monoisotopic (exact) mass is 216 g/mol. The molecule has 1 aromatic carbocycles. The van der Waals surface area contributed by atoms with E-state index < -0.39 is 17.8 Å². The second-order valence-electron chi connectivity index (χ2n) is 3.32. The zero-order chi connectivity index (χ0) is 11.6. The first kappa shape index (κ1) is 11.4. The molecule has 0 bridgehead atoms. The molecule has 0 spiro atoms. The van der Waals surface area contributed by atoms with Crippen LogP contribution in [0.15, 0.2) is 24.3 Å². The van der Waals surface area contributed by atoms with Crippen molar-refractivity contribution in [3.8, 4) is 5.75 Å². The molecule has 0 radical (unpaired) electrons. The van der Waals surface area contributed by atoms with Gasteiger partial charge in [-0.25, -0.2) is 8.78 Å². The summed E-state index contributed by atoms with van der Waals surface area (Å²) in [7, 11) is 0. The quantitative estimate of drug-likeness (QED) is 0.814. The zero-order valence-electron chi connectivity index (χ0n) is 7.95. The van der Waals surface area contributed by atoms with Gasteiger partial charge in [0, 0.05) is 6.92 Å². The van der Waals surface area contributed by atoms with Crippen molar-refractivity contribution in [2.45, 2.75) is 18.8 Å². The molecule has 0 saturated carbocycles. The molecule has 1 unspecified atom stereocenters. The number of carboxylic acids is 1. The number of aliphatic carboxylic acids is 1. The third-order valence-corrected chi connectivity index (χ3v) is 1.96. The molecule has 0 aliphatic carbocycles. The van der Waals surface area contributed by atoms with Gasteiger partial charge in [-0.1, -0.05) is 12.1 Å². The van der Waals surface area contributed by atoms with Crippen molar-refractivity contribution < 1.29 is 23.8 Å². The van der Waals surface area contributed by atoms with E-state index in [2.05, 4.69) is 0 Å². The number of hydrogen-bond acceptors (Lipinski definition) is 2. The average Bonchev–Trinajstić information content (AvgIpc) is 1.99. The smallest absolute Gasteiger partial charge is 0.317 e. The standard InChI is InChI=1S/C10H10F2O3/c1-10(11,12)8(9(14)15)6-3-2-4-7(13)5-6/h2-5,8,13H,1H3,(H,14,15). The average molecular weight is 216 g/mol. The minimum Gasteiger partial charge on any atom is -0.508 e. The van der Waals surface area contributed by atoms with Gasteiger partial charge in [0.25, 0.3) is 5.92 Å². The minimum absolute atomic E-state index is 0.116. The van der Waals surface area contributed by atoms with E-state index in [0.29, 0.717) is 6.92 Å². The number of benzene rings is 1. The largest absolute Gasteiger partial charge is 0.508 e. The van der Waals surface area contributed by atoms with Crippen molar-refractivity contribution in [1.82, 2.24) is 0 Å². The van der Waals surface area contributed by atoms with E-state index in [1.165, 1.54) is 18.2 Å². The molecule has 0 amide bonds. The Morgan fingerprint density at radius 2 is 2.07 bits per heavy atom. The molecule has 0 aliphatic rings. The first-order valence-electron chi connectivity index (χ1n) is 4.22. The normalized spacial score (nSPS) is 13.5. The SMILES string of the molecule is CC(F)(F)C(C(=O)O)c1cccc(O)c1.